The maximum absolute atomic E-state index is 9.17. The van der Waals surface area contributed by atoms with Crippen molar-refractivity contribution in [2.24, 2.45) is 0 Å². The van der Waals surface area contributed by atoms with Crippen LogP contribution in [-0.2, 0) is 0 Å². The topological polar surface area (TPSA) is 20.2 Å². The zero-order valence-corrected chi connectivity index (χ0v) is 6.83. The van der Waals surface area contributed by atoms with Gasteiger partial charge in [0.1, 0.15) is 0 Å². The van der Waals surface area contributed by atoms with Gasteiger partial charge in [0.05, 0.1) is 6.10 Å². The van der Waals surface area contributed by atoms with E-state index in [-0.39, 0.29) is 0 Å². The van der Waals surface area contributed by atoms with Crippen molar-refractivity contribution in [3.63, 3.8) is 0 Å². The Morgan fingerprint density at radius 2 is 2.00 bits per heavy atom. The Balaban J connectivity index is 4.34. The molecule has 1 unspecified atom stereocenters. The van der Waals surface area contributed by atoms with E-state index in [1.165, 1.54) is 0 Å². The molecule has 0 rings (SSSR count). The minimum atomic E-state index is -0.454. The van der Waals surface area contributed by atoms with Crippen molar-refractivity contribution in [1.29, 1.82) is 0 Å². The summed E-state index contributed by atoms with van der Waals surface area (Å²) in [5.74, 6) is 0. The SMILES string of the molecule is C=C/C=C\C(=C/C=C)C(C)O. The largest absolute Gasteiger partial charge is 0.389 e. The molecule has 0 aliphatic carbocycles. The highest BCUT2D eigenvalue weighted by Crippen LogP contribution is 2.03. The predicted octanol–water partition coefficient (Wildman–Crippen LogP) is 2.22. The van der Waals surface area contributed by atoms with E-state index in [0.29, 0.717) is 0 Å². The van der Waals surface area contributed by atoms with Gasteiger partial charge in [-0.05, 0) is 12.5 Å². The van der Waals surface area contributed by atoms with E-state index >= 15 is 0 Å². The molecule has 1 heteroatoms. The number of hydrogen-bond acceptors (Lipinski definition) is 1. The van der Waals surface area contributed by atoms with Crippen molar-refractivity contribution >= 4 is 0 Å². The maximum Gasteiger partial charge on any atom is 0.0761 e. The second-order valence-corrected chi connectivity index (χ2v) is 2.17. The molecule has 0 aromatic rings. The molecule has 0 bridgehead atoms. The van der Waals surface area contributed by atoms with Crippen LogP contribution in [0.3, 0.4) is 0 Å². The van der Waals surface area contributed by atoms with Crippen LogP contribution in [0.1, 0.15) is 6.92 Å². The third kappa shape index (κ3) is 4.34. The average Bonchev–Trinajstić information content (AvgIpc) is 1.97. The molecule has 0 fully saturated rings. The highest BCUT2D eigenvalue weighted by atomic mass is 16.3. The second-order valence-electron chi connectivity index (χ2n) is 2.17. The second kappa shape index (κ2) is 5.69. The normalized spacial score (nSPS) is 14.9. The number of aliphatic hydroxyl groups excluding tert-OH is 1. The lowest BCUT2D eigenvalue weighted by molar-refractivity contribution is 0.235. The van der Waals surface area contributed by atoms with Crippen LogP contribution in [0.15, 0.2) is 49.1 Å². The lowest BCUT2D eigenvalue weighted by Gasteiger charge is -2.02. The Morgan fingerprint density at radius 3 is 2.36 bits per heavy atom. The molecule has 0 saturated carbocycles. The predicted molar refractivity (Wildman–Crippen MR) is 49.3 cm³/mol. The fourth-order valence-electron chi connectivity index (χ4n) is 0.649. The van der Waals surface area contributed by atoms with Crippen LogP contribution in [0.2, 0.25) is 0 Å². The molecule has 0 saturated heterocycles. The van der Waals surface area contributed by atoms with Crippen LogP contribution in [-0.4, -0.2) is 11.2 Å². The molecule has 1 atom stereocenters. The number of hydrogen-bond donors (Lipinski definition) is 1. The van der Waals surface area contributed by atoms with E-state index < -0.39 is 6.10 Å². The van der Waals surface area contributed by atoms with Crippen molar-refractivity contribution in [3.05, 3.63) is 49.1 Å². The summed E-state index contributed by atoms with van der Waals surface area (Å²) < 4.78 is 0. The van der Waals surface area contributed by atoms with E-state index in [0.717, 1.165) is 5.57 Å². The van der Waals surface area contributed by atoms with Gasteiger partial charge >= 0.3 is 0 Å². The molecule has 0 amide bonds. The molecule has 0 heterocycles. The van der Waals surface area contributed by atoms with Crippen molar-refractivity contribution in [2.75, 3.05) is 0 Å². The third-order valence-corrected chi connectivity index (χ3v) is 1.22. The monoisotopic (exact) mass is 150 g/mol. The first kappa shape index (κ1) is 9.92. The number of rotatable bonds is 4. The Bertz CT molecular complexity index is 185. The first-order valence-corrected chi connectivity index (χ1v) is 3.52. The first-order chi connectivity index (χ1) is 5.22. The molecule has 0 aliphatic rings. The first-order valence-electron chi connectivity index (χ1n) is 3.52. The summed E-state index contributed by atoms with van der Waals surface area (Å²) in [6.07, 6.45) is 8.21. The Hall–Kier alpha value is -1.08. The van der Waals surface area contributed by atoms with E-state index in [2.05, 4.69) is 13.2 Å². The molecule has 0 aromatic carbocycles. The van der Waals surface area contributed by atoms with Gasteiger partial charge in [-0.25, -0.2) is 0 Å². The maximum atomic E-state index is 9.17. The lowest BCUT2D eigenvalue weighted by atomic mass is 10.1. The zero-order valence-electron chi connectivity index (χ0n) is 6.83. The molecule has 0 spiro atoms. The molecule has 11 heavy (non-hydrogen) atoms. The quantitative estimate of drug-likeness (QED) is 0.609. The van der Waals surface area contributed by atoms with Crippen LogP contribution in [0.4, 0.5) is 0 Å². The molecule has 0 aliphatic heterocycles. The summed E-state index contributed by atoms with van der Waals surface area (Å²) in [6, 6.07) is 0. The van der Waals surface area contributed by atoms with E-state index in [1.807, 2.05) is 0 Å². The molecule has 1 N–H and O–H groups in total. The van der Waals surface area contributed by atoms with Crippen LogP contribution in [0, 0.1) is 0 Å². The summed E-state index contributed by atoms with van der Waals surface area (Å²) in [4.78, 5) is 0. The van der Waals surface area contributed by atoms with Crippen LogP contribution >= 0.6 is 0 Å². The zero-order chi connectivity index (χ0) is 8.69. The van der Waals surface area contributed by atoms with Crippen molar-refractivity contribution in [1.82, 2.24) is 0 Å². The molecule has 1 nitrogen and oxygen atoms in total. The van der Waals surface area contributed by atoms with Gasteiger partial charge in [0, 0.05) is 0 Å². The lowest BCUT2D eigenvalue weighted by Crippen LogP contribution is -2.01. The van der Waals surface area contributed by atoms with E-state index in [1.54, 1.807) is 37.3 Å². The van der Waals surface area contributed by atoms with Gasteiger partial charge in [0.2, 0.25) is 0 Å². The summed E-state index contributed by atoms with van der Waals surface area (Å²) in [6.45, 7) is 8.79. The van der Waals surface area contributed by atoms with Gasteiger partial charge < -0.3 is 5.11 Å². The highest BCUT2D eigenvalue weighted by molar-refractivity contribution is 5.27. The fraction of sp³-hybridized carbons (Fsp3) is 0.200. The Kier molecular flexibility index (Phi) is 5.13. The van der Waals surface area contributed by atoms with E-state index in [9.17, 15) is 0 Å². The van der Waals surface area contributed by atoms with Crippen LogP contribution < -0.4 is 0 Å². The fourth-order valence-corrected chi connectivity index (χ4v) is 0.649. The minimum absolute atomic E-state index is 0.454. The molecule has 0 radical (unpaired) electrons. The van der Waals surface area contributed by atoms with Crippen molar-refractivity contribution < 1.29 is 5.11 Å². The summed E-state index contributed by atoms with van der Waals surface area (Å²) in [5.41, 5.74) is 0.833. The molecular weight excluding hydrogens is 136 g/mol. The molecular formula is C10H14O. The summed E-state index contributed by atoms with van der Waals surface area (Å²) >= 11 is 0. The van der Waals surface area contributed by atoms with Crippen LogP contribution in [0.5, 0.6) is 0 Å². The summed E-state index contributed by atoms with van der Waals surface area (Å²) in [7, 11) is 0. The van der Waals surface area contributed by atoms with Gasteiger partial charge in [-0.1, -0.05) is 43.5 Å². The van der Waals surface area contributed by atoms with Gasteiger partial charge in [-0.3, -0.25) is 0 Å². The summed E-state index contributed by atoms with van der Waals surface area (Å²) in [5, 5.41) is 9.17. The number of allylic oxidation sites excluding steroid dienone is 4. The van der Waals surface area contributed by atoms with Crippen molar-refractivity contribution in [2.45, 2.75) is 13.0 Å². The Labute approximate surface area is 68.1 Å². The van der Waals surface area contributed by atoms with E-state index in [4.69, 9.17) is 5.11 Å². The Morgan fingerprint density at radius 1 is 1.36 bits per heavy atom. The third-order valence-electron chi connectivity index (χ3n) is 1.22. The van der Waals surface area contributed by atoms with Gasteiger partial charge in [-0.15, -0.1) is 0 Å². The molecule has 0 aromatic heterocycles. The smallest absolute Gasteiger partial charge is 0.0761 e. The number of aliphatic hydroxyl groups is 1. The van der Waals surface area contributed by atoms with Gasteiger partial charge in [0.15, 0.2) is 0 Å². The minimum Gasteiger partial charge on any atom is -0.389 e. The average molecular weight is 150 g/mol. The standard InChI is InChI=1S/C10H14O/c1-4-6-8-10(7-5-2)9(3)11/h4-9,11H,1-2H2,3H3/b8-6-,10-7+. The van der Waals surface area contributed by atoms with Crippen molar-refractivity contribution in [3.8, 4) is 0 Å². The highest BCUT2D eigenvalue weighted by Gasteiger charge is 1.97. The van der Waals surface area contributed by atoms with Gasteiger partial charge in [0.25, 0.3) is 0 Å². The molecule has 60 valence electrons. The van der Waals surface area contributed by atoms with Gasteiger partial charge in [-0.2, -0.15) is 0 Å². The van der Waals surface area contributed by atoms with Crippen LogP contribution in [0.25, 0.3) is 0 Å².